The summed E-state index contributed by atoms with van der Waals surface area (Å²) in [6, 6.07) is 4.18. The molecule has 0 radical (unpaired) electrons. The van der Waals surface area contributed by atoms with Crippen LogP contribution in [0.25, 0.3) is 0 Å². The summed E-state index contributed by atoms with van der Waals surface area (Å²) < 4.78 is 0. The van der Waals surface area contributed by atoms with Gasteiger partial charge >= 0.3 is 0 Å². The van der Waals surface area contributed by atoms with Crippen LogP contribution < -0.4 is 11.1 Å². The van der Waals surface area contributed by atoms with Crippen molar-refractivity contribution in [3.63, 3.8) is 0 Å². The summed E-state index contributed by atoms with van der Waals surface area (Å²) in [5, 5.41) is 13.5. The van der Waals surface area contributed by atoms with E-state index in [2.05, 4.69) is 5.32 Å². The minimum absolute atomic E-state index is 0.0109. The van der Waals surface area contributed by atoms with Gasteiger partial charge in [0.2, 0.25) is 5.91 Å². The maximum atomic E-state index is 12.3. The highest BCUT2D eigenvalue weighted by atomic mass is 35.5. The molecule has 0 aliphatic heterocycles. The second-order valence-electron chi connectivity index (χ2n) is 5.30. The van der Waals surface area contributed by atoms with Gasteiger partial charge in [-0.15, -0.1) is 0 Å². The number of rotatable bonds is 4. The standard InChI is InChI=1S/C14H18ClN3O3/c15-12-7-10(5-6-13(12)18(20)21)17-14(19)11-4-2-1-3-9(11)8-16/h5-7,9,11H,1-4,8,16H2,(H,17,19). The maximum absolute atomic E-state index is 12.3. The Bertz CT molecular complexity index is 550. The predicted molar refractivity (Wildman–Crippen MR) is 81.2 cm³/mol. The normalized spacial score (nSPS) is 21.8. The summed E-state index contributed by atoms with van der Waals surface area (Å²) in [7, 11) is 0. The van der Waals surface area contributed by atoms with Crippen molar-refractivity contribution < 1.29 is 9.72 Å². The number of hydrogen-bond acceptors (Lipinski definition) is 4. The minimum atomic E-state index is -0.556. The van der Waals surface area contributed by atoms with Crippen LogP contribution in [0.1, 0.15) is 25.7 Å². The number of nitrogens with zero attached hydrogens (tertiary/aromatic N) is 1. The Morgan fingerprint density at radius 2 is 2.14 bits per heavy atom. The van der Waals surface area contributed by atoms with Crippen LogP contribution in [0.15, 0.2) is 18.2 Å². The van der Waals surface area contributed by atoms with Gasteiger partial charge < -0.3 is 11.1 Å². The Morgan fingerprint density at radius 3 is 2.76 bits per heavy atom. The molecule has 1 aromatic carbocycles. The number of benzene rings is 1. The quantitative estimate of drug-likeness (QED) is 0.659. The van der Waals surface area contributed by atoms with E-state index >= 15 is 0 Å². The third-order valence-electron chi connectivity index (χ3n) is 3.96. The molecule has 1 saturated carbocycles. The summed E-state index contributed by atoms with van der Waals surface area (Å²) in [5.41, 5.74) is 6.02. The molecule has 6 nitrogen and oxygen atoms in total. The van der Waals surface area contributed by atoms with Gasteiger partial charge in [-0.05, 0) is 37.4 Å². The average Bonchev–Trinajstić information content (AvgIpc) is 2.46. The molecule has 2 unspecified atom stereocenters. The van der Waals surface area contributed by atoms with Gasteiger partial charge in [-0.2, -0.15) is 0 Å². The highest BCUT2D eigenvalue weighted by Gasteiger charge is 2.30. The second kappa shape index (κ2) is 6.87. The summed E-state index contributed by atoms with van der Waals surface area (Å²) >= 11 is 5.84. The Hall–Kier alpha value is -1.66. The van der Waals surface area contributed by atoms with E-state index in [9.17, 15) is 14.9 Å². The number of halogens is 1. The SMILES string of the molecule is NCC1CCCCC1C(=O)Nc1ccc([N+](=O)[O-])c(Cl)c1. The topological polar surface area (TPSA) is 98.3 Å². The van der Waals surface area contributed by atoms with E-state index in [0.29, 0.717) is 12.2 Å². The zero-order valence-corrected chi connectivity index (χ0v) is 12.3. The number of amides is 1. The third-order valence-corrected chi connectivity index (χ3v) is 4.26. The molecule has 3 N–H and O–H groups in total. The molecule has 21 heavy (non-hydrogen) atoms. The zero-order valence-electron chi connectivity index (χ0n) is 11.5. The van der Waals surface area contributed by atoms with Crippen LogP contribution in [0.5, 0.6) is 0 Å². The lowest BCUT2D eigenvalue weighted by molar-refractivity contribution is -0.384. The van der Waals surface area contributed by atoms with Crippen LogP contribution in [0.3, 0.4) is 0 Å². The van der Waals surface area contributed by atoms with E-state index in [-0.39, 0.29) is 28.5 Å². The van der Waals surface area contributed by atoms with Crippen molar-refractivity contribution in [1.82, 2.24) is 0 Å². The van der Waals surface area contributed by atoms with Crippen LogP contribution in [-0.2, 0) is 4.79 Å². The monoisotopic (exact) mass is 311 g/mol. The van der Waals surface area contributed by atoms with E-state index in [4.69, 9.17) is 17.3 Å². The third kappa shape index (κ3) is 3.71. The molecule has 1 aliphatic rings. The van der Waals surface area contributed by atoms with Crippen molar-refractivity contribution in [1.29, 1.82) is 0 Å². The number of nitrogens with two attached hydrogens (primary N) is 1. The zero-order chi connectivity index (χ0) is 15.4. The lowest BCUT2D eigenvalue weighted by Crippen LogP contribution is -2.35. The van der Waals surface area contributed by atoms with E-state index in [1.54, 1.807) is 0 Å². The molecule has 1 aromatic rings. The Balaban J connectivity index is 2.08. The number of carbonyl (C=O) groups excluding carboxylic acids is 1. The lowest BCUT2D eigenvalue weighted by Gasteiger charge is -2.29. The molecule has 2 rings (SSSR count). The average molecular weight is 312 g/mol. The smallest absolute Gasteiger partial charge is 0.288 e. The van der Waals surface area contributed by atoms with Crippen LogP contribution >= 0.6 is 11.6 Å². The first-order valence-corrected chi connectivity index (χ1v) is 7.35. The molecular formula is C14H18ClN3O3. The van der Waals surface area contributed by atoms with Gasteiger partial charge in [0.15, 0.2) is 0 Å². The molecule has 114 valence electrons. The number of anilines is 1. The van der Waals surface area contributed by atoms with Crippen molar-refractivity contribution in [3.8, 4) is 0 Å². The first-order valence-electron chi connectivity index (χ1n) is 6.97. The summed E-state index contributed by atoms with van der Waals surface area (Å²) in [6.07, 6.45) is 3.93. The maximum Gasteiger partial charge on any atom is 0.288 e. The molecule has 2 atom stereocenters. The Labute approximate surface area is 127 Å². The first-order chi connectivity index (χ1) is 10.0. The van der Waals surface area contributed by atoms with E-state index in [1.807, 2.05) is 0 Å². The number of nitrogens with one attached hydrogen (secondary N) is 1. The second-order valence-corrected chi connectivity index (χ2v) is 5.71. The van der Waals surface area contributed by atoms with Crippen molar-refractivity contribution in [2.24, 2.45) is 17.6 Å². The van der Waals surface area contributed by atoms with E-state index < -0.39 is 4.92 Å². The Morgan fingerprint density at radius 1 is 1.43 bits per heavy atom. The first kappa shape index (κ1) is 15.7. The molecule has 1 fully saturated rings. The molecule has 0 bridgehead atoms. The van der Waals surface area contributed by atoms with Crippen LogP contribution in [0.4, 0.5) is 11.4 Å². The molecule has 0 saturated heterocycles. The van der Waals surface area contributed by atoms with Crippen molar-refractivity contribution in [3.05, 3.63) is 33.3 Å². The van der Waals surface area contributed by atoms with Crippen molar-refractivity contribution in [2.45, 2.75) is 25.7 Å². The van der Waals surface area contributed by atoms with Gasteiger partial charge in [-0.3, -0.25) is 14.9 Å². The van der Waals surface area contributed by atoms with Gasteiger partial charge in [0.1, 0.15) is 5.02 Å². The van der Waals surface area contributed by atoms with Crippen LogP contribution in [-0.4, -0.2) is 17.4 Å². The molecule has 0 heterocycles. The molecule has 1 amide bonds. The summed E-state index contributed by atoms with van der Waals surface area (Å²) in [4.78, 5) is 22.5. The lowest BCUT2D eigenvalue weighted by atomic mass is 9.78. The molecule has 7 heteroatoms. The summed E-state index contributed by atoms with van der Waals surface area (Å²) in [5.74, 6) is 0.0139. The van der Waals surface area contributed by atoms with Gasteiger partial charge in [-0.1, -0.05) is 24.4 Å². The van der Waals surface area contributed by atoms with Crippen LogP contribution in [0, 0.1) is 22.0 Å². The highest BCUT2D eigenvalue weighted by molar-refractivity contribution is 6.33. The fourth-order valence-corrected chi connectivity index (χ4v) is 3.05. The van der Waals surface area contributed by atoms with Gasteiger partial charge in [0.05, 0.1) is 4.92 Å². The van der Waals surface area contributed by atoms with Crippen LogP contribution in [0.2, 0.25) is 5.02 Å². The van der Waals surface area contributed by atoms with Gasteiger partial charge in [0.25, 0.3) is 5.69 Å². The summed E-state index contributed by atoms with van der Waals surface area (Å²) in [6.45, 7) is 0.499. The minimum Gasteiger partial charge on any atom is -0.330 e. The van der Waals surface area contributed by atoms with E-state index in [1.165, 1.54) is 18.2 Å². The fraction of sp³-hybridized carbons (Fsp3) is 0.500. The number of nitro groups is 1. The Kier molecular flexibility index (Phi) is 5.14. The predicted octanol–water partition coefficient (Wildman–Crippen LogP) is 2.95. The number of carbonyl (C=O) groups is 1. The number of hydrogen-bond donors (Lipinski definition) is 2. The highest BCUT2D eigenvalue weighted by Crippen LogP contribution is 2.31. The van der Waals surface area contributed by atoms with E-state index in [0.717, 1.165) is 25.7 Å². The molecule has 1 aliphatic carbocycles. The molecule has 0 spiro atoms. The van der Waals surface area contributed by atoms with Gasteiger partial charge in [-0.25, -0.2) is 0 Å². The molecular weight excluding hydrogens is 294 g/mol. The number of nitro benzene ring substituents is 1. The van der Waals surface area contributed by atoms with Crippen molar-refractivity contribution in [2.75, 3.05) is 11.9 Å². The largest absolute Gasteiger partial charge is 0.330 e. The fourth-order valence-electron chi connectivity index (χ4n) is 2.80. The molecule has 0 aromatic heterocycles. The van der Waals surface area contributed by atoms with Gasteiger partial charge in [0, 0.05) is 17.7 Å². The van der Waals surface area contributed by atoms with Crippen molar-refractivity contribution >= 4 is 28.9 Å².